The van der Waals surface area contributed by atoms with Gasteiger partial charge < -0.3 is 10.1 Å². The molecule has 2 heterocycles. The second-order valence-corrected chi connectivity index (χ2v) is 4.31. The molecule has 82 valence electrons. The minimum atomic E-state index is 0.308. The number of hydrogen-bond acceptors (Lipinski definition) is 3. The van der Waals surface area contributed by atoms with Crippen molar-refractivity contribution in [3.05, 3.63) is 22.4 Å². The highest BCUT2D eigenvalue weighted by Gasteiger charge is 2.14. The molecule has 1 aliphatic heterocycles. The van der Waals surface area contributed by atoms with E-state index in [1.54, 1.807) is 12.3 Å². The first-order chi connectivity index (χ1) is 7.25. The van der Waals surface area contributed by atoms with Crippen LogP contribution in [0, 0.1) is 0 Å². The van der Waals surface area contributed by atoms with Gasteiger partial charge in [-0.05, 0) is 19.4 Å². The molecule has 1 fully saturated rings. The highest BCUT2D eigenvalue weighted by atomic mass is 35.5. The zero-order valence-electron chi connectivity index (χ0n) is 8.17. The van der Waals surface area contributed by atoms with Crippen LogP contribution in [0.3, 0.4) is 0 Å². The predicted molar refractivity (Wildman–Crippen MR) is 60.8 cm³/mol. The van der Waals surface area contributed by atoms with E-state index in [2.05, 4.69) is 10.3 Å². The molecule has 1 aromatic rings. The van der Waals surface area contributed by atoms with Gasteiger partial charge in [0, 0.05) is 12.1 Å². The lowest BCUT2D eigenvalue weighted by atomic mass is 10.2. The van der Waals surface area contributed by atoms with Crippen molar-refractivity contribution in [3.63, 3.8) is 0 Å². The molecule has 1 aliphatic rings. The normalized spacial score (nSPS) is 20.5. The van der Waals surface area contributed by atoms with E-state index in [-0.39, 0.29) is 0 Å². The lowest BCUT2D eigenvalue weighted by Crippen LogP contribution is -2.28. The molecule has 0 unspecified atom stereocenters. The lowest BCUT2D eigenvalue weighted by molar-refractivity contribution is 0.276. The number of aromatic nitrogens is 1. The number of hydrogen-bond donors (Lipinski definition) is 1. The maximum Gasteiger partial charge on any atom is 0.147 e. The van der Waals surface area contributed by atoms with E-state index in [0.29, 0.717) is 28.6 Å². The van der Waals surface area contributed by atoms with Crippen LogP contribution in [0.5, 0.6) is 5.75 Å². The fraction of sp³-hybridized carbons (Fsp3) is 0.500. The minimum Gasteiger partial charge on any atom is -0.490 e. The van der Waals surface area contributed by atoms with Crippen LogP contribution in [-0.4, -0.2) is 24.2 Å². The minimum absolute atomic E-state index is 0.308. The molecular formula is C10H12Cl2N2O. The Labute approximate surface area is 98.7 Å². The van der Waals surface area contributed by atoms with Crippen molar-refractivity contribution in [2.75, 3.05) is 13.2 Å². The van der Waals surface area contributed by atoms with Gasteiger partial charge in [-0.25, -0.2) is 4.98 Å². The smallest absolute Gasteiger partial charge is 0.147 e. The van der Waals surface area contributed by atoms with Gasteiger partial charge in [0.1, 0.15) is 17.5 Å². The molecule has 5 heteroatoms. The van der Waals surface area contributed by atoms with Crippen LogP contribution in [0.1, 0.15) is 12.8 Å². The second-order valence-electron chi connectivity index (χ2n) is 3.55. The van der Waals surface area contributed by atoms with Crippen LogP contribution in [-0.2, 0) is 0 Å². The van der Waals surface area contributed by atoms with E-state index >= 15 is 0 Å². The molecule has 1 atom stereocenters. The summed E-state index contributed by atoms with van der Waals surface area (Å²) in [6.07, 6.45) is 3.96. The summed E-state index contributed by atoms with van der Waals surface area (Å²) < 4.78 is 5.56. The summed E-state index contributed by atoms with van der Waals surface area (Å²) in [7, 11) is 0. The van der Waals surface area contributed by atoms with Crippen molar-refractivity contribution < 1.29 is 4.74 Å². The molecule has 0 saturated carbocycles. The Morgan fingerprint density at radius 1 is 1.53 bits per heavy atom. The number of halogens is 2. The standard InChI is InChI=1S/C10H12Cl2N2O/c11-9-4-8(5-14-10(9)12)15-6-7-2-1-3-13-7/h4-5,7,13H,1-3,6H2/t7-/m1/s1. The Kier molecular flexibility index (Phi) is 3.67. The Bertz CT molecular complexity index is 340. The van der Waals surface area contributed by atoms with E-state index in [1.165, 1.54) is 6.42 Å². The molecule has 1 saturated heterocycles. The van der Waals surface area contributed by atoms with Crippen LogP contribution < -0.4 is 10.1 Å². The number of rotatable bonds is 3. The SMILES string of the molecule is Clc1cc(OC[C@H]2CCCN2)cnc1Cl. The van der Waals surface area contributed by atoms with Gasteiger partial charge in [0.05, 0.1) is 11.2 Å². The highest BCUT2D eigenvalue weighted by molar-refractivity contribution is 6.41. The van der Waals surface area contributed by atoms with Crippen LogP contribution in [0.4, 0.5) is 0 Å². The van der Waals surface area contributed by atoms with Crippen molar-refractivity contribution in [1.82, 2.24) is 10.3 Å². The van der Waals surface area contributed by atoms with E-state index < -0.39 is 0 Å². The van der Waals surface area contributed by atoms with Crippen molar-refractivity contribution in [2.24, 2.45) is 0 Å². The molecule has 0 spiro atoms. The fourth-order valence-corrected chi connectivity index (χ4v) is 1.84. The average molecular weight is 247 g/mol. The first kappa shape index (κ1) is 11.0. The zero-order chi connectivity index (χ0) is 10.7. The third-order valence-electron chi connectivity index (χ3n) is 2.38. The topological polar surface area (TPSA) is 34.1 Å². The third-order valence-corrected chi connectivity index (χ3v) is 3.07. The van der Waals surface area contributed by atoms with Crippen molar-refractivity contribution in [3.8, 4) is 5.75 Å². The Balaban J connectivity index is 1.90. The number of pyridine rings is 1. The Morgan fingerprint density at radius 3 is 3.07 bits per heavy atom. The third kappa shape index (κ3) is 2.97. The van der Waals surface area contributed by atoms with Gasteiger partial charge in [-0.1, -0.05) is 23.2 Å². The molecular weight excluding hydrogens is 235 g/mol. The first-order valence-corrected chi connectivity index (χ1v) is 5.68. The lowest BCUT2D eigenvalue weighted by Gasteiger charge is -2.11. The molecule has 0 radical (unpaired) electrons. The molecule has 1 aromatic heterocycles. The van der Waals surface area contributed by atoms with E-state index in [1.807, 2.05) is 0 Å². The summed E-state index contributed by atoms with van der Waals surface area (Å²) in [5, 5.41) is 4.08. The van der Waals surface area contributed by atoms with Crippen molar-refractivity contribution >= 4 is 23.2 Å². The number of ether oxygens (including phenoxy) is 1. The largest absolute Gasteiger partial charge is 0.490 e. The maximum absolute atomic E-state index is 5.82. The average Bonchev–Trinajstić information content (AvgIpc) is 2.73. The van der Waals surface area contributed by atoms with Crippen LogP contribution in [0.2, 0.25) is 10.2 Å². The van der Waals surface area contributed by atoms with Crippen LogP contribution in [0.15, 0.2) is 12.3 Å². The van der Waals surface area contributed by atoms with Gasteiger partial charge in [0.15, 0.2) is 0 Å². The van der Waals surface area contributed by atoms with Gasteiger partial charge in [0.25, 0.3) is 0 Å². The quantitative estimate of drug-likeness (QED) is 0.833. The molecule has 1 N–H and O–H groups in total. The molecule has 0 bridgehead atoms. The van der Waals surface area contributed by atoms with Gasteiger partial charge >= 0.3 is 0 Å². The van der Waals surface area contributed by atoms with E-state index in [9.17, 15) is 0 Å². The summed E-state index contributed by atoms with van der Waals surface area (Å²) in [5.41, 5.74) is 0. The number of nitrogens with zero attached hydrogens (tertiary/aromatic N) is 1. The Hall–Kier alpha value is -0.510. The maximum atomic E-state index is 5.82. The van der Waals surface area contributed by atoms with Gasteiger partial charge in [0.2, 0.25) is 0 Å². The summed E-state index contributed by atoms with van der Waals surface area (Å²) in [4.78, 5) is 3.91. The van der Waals surface area contributed by atoms with Crippen molar-refractivity contribution in [2.45, 2.75) is 18.9 Å². The molecule has 0 aromatic carbocycles. The summed E-state index contributed by atoms with van der Waals surface area (Å²) in [6, 6.07) is 2.13. The van der Waals surface area contributed by atoms with Gasteiger partial charge in [-0.2, -0.15) is 0 Å². The van der Waals surface area contributed by atoms with Crippen LogP contribution >= 0.6 is 23.2 Å². The molecule has 0 amide bonds. The number of nitrogens with one attached hydrogen (secondary N) is 1. The predicted octanol–water partition coefficient (Wildman–Crippen LogP) is 2.52. The first-order valence-electron chi connectivity index (χ1n) is 4.93. The summed E-state index contributed by atoms with van der Waals surface area (Å²) >= 11 is 11.5. The van der Waals surface area contributed by atoms with Crippen molar-refractivity contribution in [1.29, 1.82) is 0 Å². The van der Waals surface area contributed by atoms with Gasteiger partial charge in [-0.15, -0.1) is 0 Å². The highest BCUT2D eigenvalue weighted by Crippen LogP contribution is 2.23. The fourth-order valence-electron chi connectivity index (χ4n) is 1.58. The second kappa shape index (κ2) is 5.01. The molecule has 0 aliphatic carbocycles. The van der Waals surface area contributed by atoms with Gasteiger partial charge in [-0.3, -0.25) is 0 Å². The molecule has 3 nitrogen and oxygen atoms in total. The summed E-state index contributed by atoms with van der Waals surface area (Å²) in [5.74, 6) is 0.665. The van der Waals surface area contributed by atoms with E-state index in [0.717, 1.165) is 13.0 Å². The zero-order valence-corrected chi connectivity index (χ0v) is 9.68. The van der Waals surface area contributed by atoms with E-state index in [4.69, 9.17) is 27.9 Å². The molecule has 2 rings (SSSR count). The molecule has 15 heavy (non-hydrogen) atoms. The van der Waals surface area contributed by atoms with Crippen LogP contribution in [0.25, 0.3) is 0 Å². The Morgan fingerprint density at radius 2 is 2.40 bits per heavy atom. The summed E-state index contributed by atoms with van der Waals surface area (Å²) in [6.45, 7) is 1.73. The monoisotopic (exact) mass is 246 g/mol.